The molecule has 0 bridgehead atoms. The summed E-state index contributed by atoms with van der Waals surface area (Å²) >= 11 is 1.62. The first kappa shape index (κ1) is 22.5. The van der Waals surface area contributed by atoms with Gasteiger partial charge in [-0.15, -0.1) is 21.5 Å². The number of hydrogen-bond acceptors (Lipinski definition) is 6. The highest BCUT2D eigenvalue weighted by atomic mass is 32.1. The van der Waals surface area contributed by atoms with Crippen molar-refractivity contribution in [2.45, 2.75) is 24.8 Å². The summed E-state index contributed by atoms with van der Waals surface area (Å²) in [7, 11) is 0. The van der Waals surface area contributed by atoms with Crippen LogP contribution in [0.2, 0.25) is 0 Å². The molecule has 188 valence electrons. The maximum atomic E-state index is 6.59. The molecule has 1 fully saturated rings. The van der Waals surface area contributed by atoms with Crippen LogP contribution in [0.15, 0.2) is 97.2 Å². The summed E-state index contributed by atoms with van der Waals surface area (Å²) in [5, 5.41) is 11.0. The number of fused-ring (bicyclic) bond motifs is 4. The van der Waals surface area contributed by atoms with Gasteiger partial charge in [0.15, 0.2) is 16.5 Å². The van der Waals surface area contributed by atoms with Gasteiger partial charge in [0.05, 0.1) is 21.4 Å². The summed E-state index contributed by atoms with van der Waals surface area (Å²) in [5.41, 5.74) is 14.4. The molecule has 0 amide bonds. The molecule has 1 saturated carbocycles. The van der Waals surface area contributed by atoms with Gasteiger partial charge in [0.2, 0.25) is 0 Å². The molecule has 39 heavy (non-hydrogen) atoms. The summed E-state index contributed by atoms with van der Waals surface area (Å²) < 4.78 is 3.15. The molecule has 0 radical (unpaired) electrons. The van der Waals surface area contributed by atoms with Crippen molar-refractivity contribution in [2.75, 3.05) is 0 Å². The number of para-hydroxylation sites is 1. The molecule has 8 rings (SSSR count). The van der Waals surface area contributed by atoms with Crippen LogP contribution in [0, 0.1) is 0 Å². The van der Waals surface area contributed by atoms with Crippen LogP contribution in [0.5, 0.6) is 0 Å². The van der Waals surface area contributed by atoms with Gasteiger partial charge in [-0.3, -0.25) is 4.40 Å². The van der Waals surface area contributed by atoms with E-state index >= 15 is 0 Å². The molecule has 1 aliphatic rings. The number of nitrogens with two attached hydrogens (primary N) is 1. The Labute approximate surface area is 228 Å². The van der Waals surface area contributed by atoms with Crippen molar-refractivity contribution in [1.29, 1.82) is 0 Å². The lowest BCUT2D eigenvalue weighted by molar-refractivity contribution is 0.253. The third-order valence-electron chi connectivity index (χ3n) is 7.92. The van der Waals surface area contributed by atoms with E-state index in [1.54, 1.807) is 11.3 Å². The average Bonchev–Trinajstić information content (AvgIpc) is 3.60. The minimum atomic E-state index is -0.183. The predicted octanol–water partition coefficient (Wildman–Crippen LogP) is 7.23. The second-order valence-corrected chi connectivity index (χ2v) is 11.3. The Bertz CT molecular complexity index is 1970. The molecular weight excluding hydrogens is 500 g/mol. The van der Waals surface area contributed by atoms with Crippen LogP contribution in [0.25, 0.3) is 60.0 Å². The number of pyridine rings is 2. The maximum Gasteiger partial charge on any atom is 0.197 e. The van der Waals surface area contributed by atoms with E-state index in [4.69, 9.17) is 15.7 Å². The highest BCUT2D eigenvalue weighted by Gasteiger charge is 2.34. The Morgan fingerprint density at radius 3 is 2.33 bits per heavy atom. The molecule has 7 aromatic rings. The first-order chi connectivity index (χ1) is 19.2. The quantitative estimate of drug-likeness (QED) is 0.263. The third-order valence-corrected chi connectivity index (χ3v) is 8.95. The molecule has 0 spiro atoms. The van der Waals surface area contributed by atoms with Crippen LogP contribution >= 0.6 is 11.3 Å². The molecule has 0 unspecified atom stereocenters. The Morgan fingerprint density at radius 1 is 0.769 bits per heavy atom. The number of thiazole rings is 1. The largest absolute Gasteiger partial charge is 0.321 e. The van der Waals surface area contributed by atoms with E-state index in [1.807, 2.05) is 40.9 Å². The number of aromatic nitrogens is 5. The number of benzene rings is 3. The molecular formula is C32H24N6S. The summed E-state index contributed by atoms with van der Waals surface area (Å²) in [5.74, 6) is 0.737. The van der Waals surface area contributed by atoms with E-state index in [1.165, 1.54) is 12.0 Å². The second-order valence-electron chi connectivity index (χ2n) is 10.3. The Balaban J connectivity index is 1.31. The van der Waals surface area contributed by atoms with E-state index in [0.29, 0.717) is 0 Å². The Morgan fingerprint density at radius 2 is 1.56 bits per heavy atom. The van der Waals surface area contributed by atoms with Crippen LogP contribution in [0.1, 0.15) is 24.8 Å². The monoisotopic (exact) mass is 524 g/mol. The van der Waals surface area contributed by atoms with Gasteiger partial charge < -0.3 is 5.73 Å². The van der Waals surface area contributed by atoms with E-state index < -0.39 is 0 Å². The molecule has 2 N–H and O–H groups in total. The van der Waals surface area contributed by atoms with E-state index in [-0.39, 0.29) is 5.54 Å². The van der Waals surface area contributed by atoms with Crippen molar-refractivity contribution in [1.82, 2.24) is 24.6 Å². The maximum absolute atomic E-state index is 6.59. The van der Waals surface area contributed by atoms with E-state index in [0.717, 1.165) is 72.8 Å². The van der Waals surface area contributed by atoms with Gasteiger partial charge in [-0.25, -0.2) is 9.97 Å². The normalized spacial score (nSPS) is 14.7. The Hall–Kier alpha value is -4.46. The van der Waals surface area contributed by atoms with Gasteiger partial charge in [0, 0.05) is 28.2 Å². The lowest BCUT2D eigenvalue weighted by Gasteiger charge is -2.38. The summed E-state index contributed by atoms with van der Waals surface area (Å²) in [6.45, 7) is 0. The first-order valence-electron chi connectivity index (χ1n) is 13.2. The number of hydrogen-bond donors (Lipinski definition) is 1. The fourth-order valence-corrected chi connectivity index (χ4v) is 6.52. The molecule has 6 nitrogen and oxygen atoms in total. The van der Waals surface area contributed by atoms with Crippen molar-refractivity contribution in [3.05, 3.63) is 103 Å². The highest BCUT2D eigenvalue weighted by molar-refractivity contribution is 7.21. The van der Waals surface area contributed by atoms with Crippen LogP contribution in [-0.4, -0.2) is 24.6 Å². The smallest absolute Gasteiger partial charge is 0.197 e. The van der Waals surface area contributed by atoms with Crippen molar-refractivity contribution >= 4 is 38.1 Å². The molecule has 4 aromatic heterocycles. The summed E-state index contributed by atoms with van der Waals surface area (Å²) in [6.07, 6.45) is 5.28. The van der Waals surface area contributed by atoms with Crippen molar-refractivity contribution < 1.29 is 0 Å². The summed E-state index contributed by atoms with van der Waals surface area (Å²) in [4.78, 5) is 10.00. The zero-order chi connectivity index (χ0) is 26.0. The van der Waals surface area contributed by atoms with Gasteiger partial charge in [-0.1, -0.05) is 66.7 Å². The van der Waals surface area contributed by atoms with Crippen molar-refractivity contribution in [2.24, 2.45) is 5.73 Å². The van der Waals surface area contributed by atoms with Gasteiger partial charge >= 0.3 is 0 Å². The third kappa shape index (κ3) is 3.58. The molecule has 4 heterocycles. The van der Waals surface area contributed by atoms with Gasteiger partial charge in [0.25, 0.3) is 0 Å². The molecule has 0 aliphatic heterocycles. The zero-order valence-electron chi connectivity index (χ0n) is 21.1. The van der Waals surface area contributed by atoms with Gasteiger partial charge in [0.1, 0.15) is 0 Å². The SMILES string of the molecule is NC1(c2ccc(-c3nc4ccn5c(-c6nc7ccccc7s6)nnc5c4cc3-c3ccccc3)cc2)CCC1. The van der Waals surface area contributed by atoms with E-state index in [9.17, 15) is 0 Å². The van der Waals surface area contributed by atoms with Crippen LogP contribution < -0.4 is 5.73 Å². The number of nitrogens with zero attached hydrogens (tertiary/aromatic N) is 5. The van der Waals surface area contributed by atoms with E-state index in [2.05, 4.69) is 70.9 Å². The van der Waals surface area contributed by atoms with Gasteiger partial charge in [-0.05, 0) is 54.7 Å². The molecule has 0 atom stereocenters. The van der Waals surface area contributed by atoms with Crippen LogP contribution in [0.4, 0.5) is 0 Å². The van der Waals surface area contributed by atoms with Crippen molar-refractivity contribution in [3.8, 4) is 33.2 Å². The first-order valence-corrected chi connectivity index (χ1v) is 14.0. The fourth-order valence-electron chi connectivity index (χ4n) is 5.57. The molecule has 1 aliphatic carbocycles. The predicted molar refractivity (Wildman–Crippen MR) is 157 cm³/mol. The minimum Gasteiger partial charge on any atom is -0.321 e. The van der Waals surface area contributed by atoms with Crippen molar-refractivity contribution in [3.63, 3.8) is 0 Å². The lowest BCUT2D eigenvalue weighted by Crippen LogP contribution is -2.43. The van der Waals surface area contributed by atoms with Crippen LogP contribution in [0.3, 0.4) is 0 Å². The lowest BCUT2D eigenvalue weighted by atomic mass is 9.72. The topological polar surface area (TPSA) is 82.0 Å². The fraction of sp³-hybridized carbons (Fsp3) is 0.125. The van der Waals surface area contributed by atoms with Crippen LogP contribution in [-0.2, 0) is 5.54 Å². The molecule has 7 heteroatoms. The zero-order valence-corrected chi connectivity index (χ0v) is 21.9. The number of rotatable bonds is 4. The second kappa shape index (κ2) is 8.53. The Kier molecular flexibility index (Phi) is 4.92. The average molecular weight is 525 g/mol. The van der Waals surface area contributed by atoms with Gasteiger partial charge in [-0.2, -0.15) is 0 Å². The summed E-state index contributed by atoms with van der Waals surface area (Å²) in [6, 6.07) is 31.4. The minimum absolute atomic E-state index is 0.183. The molecule has 3 aromatic carbocycles. The molecule has 0 saturated heterocycles. The standard InChI is InChI=1S/C32H24N6S/c33-32(16-6-17-32)22-13-11-21(12-14-22)28-23(20-7-2-1-3-8-20)19-24-25(34-28)15-18-38-29(24)36-37-30(38)31-35-26-9-4-5-10-27(26)39-31/h1-5,7-15,18-19H,6,16-17,33H2. The highest BCUT2D eigenvalue weighted by Crippen LogP contribution is 2.40.